The number of benzene rings is 1. The summed E-state index contributed by atoms with van der Waals surface area (Å²) in [6.45, 7) is 7.95. The van der Waals surface area contributed by atoms with E-state index in [0.717, 1.165) is 11.3 Å². The van der Waals surface area contributed by atoms with Crippen LogP contribution in [0.3, 0.4) is 0 Å². The number of hydrogen-bond acceptors (Lipinski definition) is 2. The standard InChI is InChI=1S/C13H18FN3/c1-8(2)17-11-6-5-9(14)7-10(11)16-12(17)13(3,4)15/h5-8H,15H2,1-4H3. The van der Waals surface area contributed by atoms with E-state index in [2.05, 4.69) is 23.4 Å². The first kappa shape index (κ1) is 12.0. The molecule has 92 valence electrons. The van der Waals surface area contributed by atoms with E-state index in [4.69, 9.17) is 5.73 Å². The van der Waals surface area contributed by atoms with Gasteiger partial charge in [0.2, 0.25) is 0 Å². The van der Waals surface area contributed by atoms with E-state index in [1.807, 2.05) is 13.8 Å². The Bertz CT molecular complexity index is 550. The van der Waals surface area contributed by atoms with Crippen molar-refractivity contribution in [2.45, 2.75) is 39.3 Å². The van der Waals surface area contributed by atoms with Crippen molar-refractivity contribution in [3.05, 3.63) is 29.8 Å². The third kappa shape index (κ3) is 2.05. The van der Waals surface area contributed by atoms with Crippen LogP contribution in [0.5, 0.6) is 0 Å². The van der Waals surface area contributed by atoms with E-state index in [0.29, 0.717) is 5.52 Å². The second-order valence-electron chi connectivity index (χ2n) is 5.25. The minimum Gasteiger partial charge on any atom is -0.324 e. The third-order valence-corrected chi connectivity index (χ3v) is 2.74. The molecular formula is C13H18FN3. The SMILES string of the molecule is CC(C)n1c(C(C)(C)N)nc2cc(F)ccc21. The van der Waals surface area contributed by atoms with Gasteiger partial charge < -0.3 is 10.3 Å². The number of hydrogen-bond donors (Lipinski definition) is 1. The minimum absolute atomic E-state index is 0.239. The number of fused-ring (bicyclic) bond motifs is 1. The lowest BCUT2D eigenvalue weighted by molar-refractivity contribution is 0.457. The summed E-state index contributed by atoms with van der Waals surface area (Å²) in [5, 5.41) is 0. The van der Waals surface area contributed by atoms with Crippen LogP contribution in [0.25, 0.3) is 11.0 Å². The topological polar surface area (TPSA) is 43.8 Å². The highest BCUT2D eigenvalue weighted by atomic mass is 19.1. The predicted molar refractivity (Wildman–Crippen MR) is 67.3 cm³/mol. The van der Waals surface area contributed by atoms with Gasteiger partial charge in [-0.05, 0) is 39.8 Å². The molecule has 0 aliphatic heterocycles. The molecule has 1 aromatic heterocycles. The summed E-state index contributed by atoms with van der Waals surface area (Å²) in [7, 11) is 0. The molecule has 2 aromatic rings. The van der Waals surface area contributed by atoms with Gasteiger partial charge in [0.1, 0.15) is 11.6 Å². The smallest absolute Gasteiger partial charge is 0.129 e. The predicted octanol–water partition coefficient (Wildman–Crippen LogP) is 2.95. The lowest BCUT2D eigenvalue weighted by Crippen LogP contribution is -2.33. The zero-order valence-electron chi connectivity index (χ0n) is 10.7. The summed E-state index contributed by atoms with van der Waals surface area (Å²) in [5.41, 5.74) is 7.16. The van der Waals surface area contributed by atoms with Gasteiger partial charge in [0.25, 0.3) is 0 Å². The molecule has 2 rings (SSSR count). The van der Waals surface area contributed by atoms with Gasteiger partial charge in [0.15, 0.2) is 0 Å². The molecule has 0 aliphatic rings. The Kier molecular flexibility index (Phi) is 2.70. The number of rotatable bonds is 2. The summed E-state index contributed by atoms with van der Waals surface area (Å²) in [6.07, 6.45) is 0. The summed E-state index contributed by atoms with van der Waals surface area (Å²) < 4.78 is 15.3. The number of imidazole rings is 1. The summed E-state index contributed by atoms with van der Waals surface area (Å²) in [4.78, 5) is 4.46. The second kappa shape index (κ2) is 3.81. The van der Waals surface area contributed by atoms with Crippen LogP contribution in [0.4, 0.5) is 4.39 Å². The van der Waals surface area contributed by atoms with E-state index < -0.39 is 5.54 Å². The van der Waals surface area contributed by atoms with E-state index in [1.54, 1.807) is 6.07 Å². The van der Waals surface area contributed by atoms with Crippen LogP contribution < -0.4 is 5.73 Å². The van der Waals surface area contributed by atoms with Gasteiger partial charge in [0, 0.05) is 12.1 Å². The van der Waals surface area contributed by atoms with E-state index in [1.165, 1.54) is 12.1 Å². The molecule has 17 heavy (non-hydrogen) atoms. The number of halogens is 1. The molecule has 0 spiro atoms. The zero-order valence-corrected chi connectivity index (χ0v) is 10.7. The highest BCUT2D eigenvalue weighted by Gasteiger charge is 2.24. The van der Waals surface area contributed by atoms with Crippen LogP contribution in [-0.4, -0.2) is 9.55 Å². The van der Waals surface area contributed by atoms with Crippen molar-refractivity contribution in [2.75, 3.05) is 0 Å². The Balaban J connectivity index is 2.80. The van der Waals surface area contributed by atoms with Gasteiger partial charge in [-0.1, -0.05) is 0 Å². The van der Waals surface area contributed by atoms with Crippen LogP contribution in [0.2, 0.25) is 0 Å². The number of nitrogens with zero attached hydrogens (tertiary/aromatic N) is 2. The zero-order chi connectivity index (χ0) is 12.8. The molecule has 0 bridgehead atoms. The van der Waals surface area contributed by atoms with Gasteiger partial charge in [-0.25, -0.2) is 9.37 Å². The fourth-order valence-corrected chi connectivity index (χ4v) is 2.05. The van der Waals surface area contributed by atoms with Crippen molar-refractivity contribution < 1.29 is 4.39 Å². The molecular weight excluding hydrogens is 217 g/mol. The van der Waals surface area contributed by atoms with Gasteiger partial charge in [-0.15, -0.1) is 0 Å². The largest absolute Gasteiger partial charge is 0.324 e. The monoisotopic (exact) mass is 235 g/mol. The van der Waals surface area contributed by atoms with Crippen LogP contribution in [-0.2, 0) is 5.54 Å². The quantitative estimate of drug-likeness (QED) is 0.869. The van der Waals surface area contributed by atoms with Crippen LogP contribution >= 0.6 is 0 Å². The Hall–Kier alpha value is -1.42. The second-order valence-corrected chi connectivity index (χ2v) is 5.25. The maximum atomic E-state index is 13.2. The molecule has 3 nitrogen and oxygen atoms in total. The molecule has 0 aliphatic carbocycles. The first-order valence-corrected chi connectivity index (χ1v) is 5.77. The summed E-state index contributed by atoms with van der Waals surface area (Å²) >= 11 is 0. The highest BCUT2D eigenvalue weighted by molar-refractivity contribution is 5.76. The fourth-order valence-electron chi connectivity index (χ4n) is 2.05. The van der Waals surface area contributed by atoms with Crippen molar-refractivity contribution in [3.63, 3.8) is 0 Å². The third-order valence-electron chi connectivity index (χ3n) is 2.74. The molecule has 1 heterocycles. The summed E-state index contributed by atoms with van der Waals surface area (Å²) in [5.74, 6) is 0.514. The molecule has 0 saturated heterocycles. The van der Waals surface area contributed by atoms with E-state index >= 15 is 0 Å². The molecule has 0 atom stereocenters. The fraction of sp³-hybridized carbons (Fsp3) is 0.462. The van der Waals surface area contributed by atoms with Gasteiger partial charge in [0.05, 0.1) is 16.6 Å². The molecule has 0 amide bonds. The van der Waals surface area contributed by atoms with Gasteiger partial charge >= 0.3 is 0 Å². The van der Waals surface area contributed by atoms with Crippen molar-refractivity contribution in [1.29, 1.82) is 0 Å². The molecule has 0 fully saturated rings. The Morgan fingerprint density at radius 2 is 2.00 bits per heavy atom. The van der Waals surface area contributed by atoms with E-state index in [9.17, 15) is 4.39 Å². The molecule has 0 saturated carbocycles. The molecule has 2 N–H and O–H groups in total. The maximum absolute atomic E-state index is 13.2. The van der Waals surface area contributed by atoms with Gasteiger partial charge in [-0.2, -0.15) is 0 Å². The minimum atomic E-state index is -0.542. The maximum Gasteiger partial charge on any atom is 0.129 e. The molecule has 0 radical (unpaired) electrons. The van der Waals surface area contributed by atoms with E-state index in [-0.39, 0.29) is 11.9 Å². The Morgan fingerprint density at radius 3 is 2.53 bits per heavy atom. The average molecular weight is 235 g/mol. The highest BCUT2D eigenvalue weighted by Crippen LogP contribution is 2.27. The first-order chi connectivity index (χ1) is 7.80. The van der Waals surface area contributed by atoms with Crippen LogP contribution in [0.15, 0.2) is 18.2 Å². The van der Waals surface area contributed by atoms with Crippen molar-refractivity contribution >= 4 is 11.0 Å². The van der Waals surface area contributed by atoms with Crippen molar-refractivity contribution in [2.24, 2.45) is 5.73 Å². The average Bonchev–Trinajstić information content (AvgIpc) is 2.55. The molecule has 1 aromatic carbocycles. The normalized spacial score (nSPS) is 12.6. The van der Waals surface area contributed by atoms with Crippen LogP contribution in [0, 0.1) is 5.82 Å². The summed E-state index contributed by atoms with van der Waals surface area (Å²) in [6, 6.07) is 4.90. The molecule has 0 unspecified atom stereocenters. The Morgan fingerprint density at radius 1 is 1.35 bits per heavy atom. The van der Waals surface area contributed by atoms with Crippen molar-refractivity contribution in [3.8, 4) is 0 Å². The lowest BCUT2D eigenvalue weighted by atomic mass is 10.1. The lowest BCUT2D eigenvalue weighted by Gasteiger charge is -2.22. The first-order valence-electron chi connectivity index (χ1n) is 5.77. The van der Waals surface area contributed by atoms with Crippen LogP contribution in [0.1, 0.15) is 39.6 Å². The molecule has 4 heteroatoms. The number of nitrogens with two attached hydrogens (primary N) is 1. The van der Waals surface area contributed by atoms with Crippen molar-refractivity contribution in [1.82, 2.24) is 9.55 Å². The number of aromatic nitrogens is 2. The Labute approximate surface area is 100 Å². The van der Waals surface area contributed by atoms with Gasteiger partial charge in [-0.3, -0.25) is 0 Å².